The molecule has 0 saturated carbocycles. The molecule has 1 unspecified atom stereocenters. The van der Waals surface area contributed by atoms with Crippen LogP contribution in [-0.4, -0.2) is 35.0 Å². The Morgan fingerprint density at radius 1 is 1.26 bits per heavy atom. The van der Waals surface area contributed by atoms with Gasteiger partial charge in [0, 0.05) is 19.2 Å². The number of nitrogens with zero attached hydrogens (tertiary/aromatic N) is 1. The van der Waals surface area contributed by atoms with Gasteiger partial charge in [0.2, 0.25) is 0 Å². The van der Waals surface area contributed by atoms with Gasteiger partial charge in [-0.2, -0.15) is 0 Å². The van der Waals surface area contributed by atoms with Crippen molar-refractivity contribution >= 4 is 11.9 Å². The molecule has 0 spiro atoms. The van der Waals surface area contributed by atoms with E-state index in [0.717, 1.165) is 7.05 Å². The second-order valence-electron chi connectivity index (χ2n) is 3.92. The van der Waals surface area contributed by atoms with Crippen molar-refractivity contribution in [1.29, 1.82) is 0 Å². The highest BCUT2D eigenvalue weighted by atomic mass is 19.1. The Kier molecular flexibility index (Phi) is 4.52. The molecular weight excluding hydrogens is 263 g/mol. The molecule has 104 valence electrons. The monoisotopic (exact) mass is 275 g/mol. The topological polar surface area (TPSA) is 57.6 Å². The first-order valence-corrected chi connectivity index (χ1v) is 5.44. The zero-order valence-corrected chi connectivity index (χ0v) is 10.3. The third-order valence-electron chi connectivity index (χ3n) is 2.68. The van der Waals surface area contributed by atoms with Crippen LogP contribution in [0.2, 0.25) is 0 Å². The molecule has 0 fully saturated rings. The molecule has 0 aliphatic carbocycles. The van der Waals surface area contributed by atoms with Crippen LogP contribution in [0.3, 0.4) is 0 Å². The Bertz CT molecular complexity index is 496. The Labute approximate surface area is 107 Å². The molecular formula is C12H12F3NO3. The van der Waals surface area contributed by atoms with Crippen molar-refractivity contribution in [3.05, 3.63) is 35.1 Å². The summed E-state index contributed by atoms with van der Waals surface area (Å²) in [6, 6.07) is -0.478. The normalized spacial score (nSPS) is 12.1. The van der Waals surface area contributed by atoms with Gasteiger partial charge in [0.1, 0.15) is 29.1 Å². The Morgan fingerprint density at radius 2 is 1.74 bits per heavy atom. The molecule has 0 radical (unpaired) electrons. The quantitative estimate of drug-likeness (QED) is 0.914. The molecule has 7 heteroatoms. The number of hydrogen-bond donors (Lipinski definition) is 1. The second kappa shape index (κ2) is 5.73. The fraction of sp³-hybridized carbons (Fsp3) is 0.333. The lowest BCUT2D eigenvalue weighted by atomic mass is 10.1. The molecule has 1 rings (SSSR count). The highest BCUT2D eigenvalue weighted by Gasteiger charge is 2.29. The predicted octanol–water partition coefficient (Wildman–Crippen LogP) is 2.04. The molecule has 0 aliphatic heterocycles. The summed E-state index contributed by atoms with van der Waals surface area (Å²) in [7, 11) is 1.12. The van der Waals surface area contributed by atoms with E-state index >= 15 is 0 Å². The molecule has 4 nitrogen and oxygen atoms in total. The van der Waals surface area contributed by atoms with Gasteiger partial charge in [-0.3, -0.25) is 4.79 Å². The van der Waals surface area contributed by atoms with Crippen molar-refractivity contribution in [2.45, 2.75) is 19.4 Å². The molecule has 1 amide bonds. The minimum atomic E-state index is -1.37. The standard InChI is InChI=1S/C12H12F3NO3/c1-3-9(12(18)19)16(2)11(17)10-7(14)4-6(13)5-8(10)15/h4-5,9H,3H2,1-2H3,(H,18,19). The fourth-order valence-corrected chi connectivity index (χ4v) is 1.68. The van der Waals surface area contributed by atoms with Gasteiger partial charge in [0.05, 0.1) is 0 Å². The zero-order chi connectivity index (χ0) is 14.7. The van der Waals surface area contributed by atoms with Crippen LogP contribution >= 0.6 is 0 Å². The highest BCUT2D eigenvalue weighted by Crippen LogP contribution is 2.18. The maximum absolute atomic E-state index is 13.4. The average Bonchev–Trinajstić information content (AvgIpc) is 2.27. The van der Waals surface area contributed by atoms with Crippen LogP contribution in [0.25, 0.3) is 0 Å². The van der Waals surface area contributed by atoms with E-state index in [1.807, 2.05) is 0 Å². The number of carbonyl (C=O) groups is 2. The minimum absolute atomic E-state index is 0.0714. The maximum atomic E-state index is 13.4. The SMILES string of the molecule is CCC(C(=O)O)N(C)C(=O)c1c(F)cc(F)cc1F. The third-order valence-corrected chi connectivity index (χ3v) is 2.68. The molecule has 0 aliphatic rings. The fourth-order valence-electron chi connectivity index (χ4n) is 1.68. The number of halogens is 3. The van der Waals surface area contributed by atoms with Crippen molar-refractivity contribution < 1.29 is 27.9 Å². The van der Waals surface area contributed by atoms with Crippen LogP contribution in [-0.2, 0) is 4.79 Å². The van der Waals surface area contributed by atoms with Crippen molar-refractivity contribution in [3.8, 4) is 0 Å². The number of likely N-dealkylation sites (N-methyl/N-ethyl adjacent to an activating group) is 1. The number of carbonyl (C=O) groups excluding carboxylic acids is 1. The van der Waals surface area contributed by atoms with E-state index in [2.05, 4.69) is 0 Å². The van der Waals surface area contributed by atoms with Gasteiger partial charge in [-0.25, -0.2) is 18.0 Å². The molecule has 0 aromatic heterocycles. The summed E-state index contributed by atoms with van der Waals surface area (Å²) in [5.74, 6) is -6.32. The smallest absolute Gasteiger partial charge is 0.326 e. The summed E-state index contributed by atoms with van der Waals surface area (Å²) < 4.78 is 39.6. The van der Waals surface area contributed by atoms with E-state index in [-0.39, 0.29) is 6.42 Å². The lowest BCUT2D eigenvalue weighted by Crippen LogP contribution is -2.42. The summed E-state index contributed by atoms with van der Waals surface area (Å²) in [6.07, 6.45) is 0.0714. The Balaban J connectivity index is 3.17. The maximum Gasteiger partial charge on any atom is 0.326 e. The van der Waals surface area contributed by atoms with Gasteiger partial charge in [0.15, 0.2) is 0 Å². The van der Waals surface area contributed by atoms with Crippen LogP contribution in [0, 0.1) is 17.5 Å². The van der Waals surface area contributed by atoms with Crippen LogP contribution in [0.15, 0.2) is 12.1 Å². The van der Waals surface area contributed by atoms with E-state index in [9.17, 15) is 22.8 Å². The summed E-state index contributed by atoms with van der Waals surface area (Å²) in [6.45, 7) is 1.51. The first-order valence-electron chi connectivity index (χ1n) is 5.44. The zero-order valence-electron chi connectivity index (χ0n) is 10.3. The Hall–Kier alpha value is -2.05. The molecule has 0 bridgehead atoms. The summed E-state index contributed by atoms with van der Waals surface area (Å²) >= 11 is 0. The van der Waals surface area contributed by atoms with Crippen molar-refractivity contribution in [2.24, 2.45) is 0 Å². The number of hydrogen-bond acceptors (Lipinski definition) is 2. The molecule has 1 N–H and O–H groups in total. The van der Waals surface area contributed by atoms with Crippen LogP contribution < -0.4 is 0 Å². The van der Waals surface area contributed by atoms with Gasteiger partial charge in [0.25, 0.3) is 5.91 Å². The average molecular weight is 275 g/mol. The van der Waals surface area contributed by atoms with Gasteiger partial charge in [-0.15, -0.1) is 0 Å². The summed E-state index contributed by atoms with van der Waals surface area (Å²) in [5, 5.41) is 8.88. The van der Waals surface area contributed by atoms with E-state index in [1.54, 1.807) is 0 Å². The van der Waals surface area contributed by atoms with Crippen molar-refractivity contribution in [2.75, 3.05) is 7.05 Å². The highest BCUT2D eigenvalue weighted by molar-refractivity contribution is 5.96. The number of aliphatic carboxylic acids is 1. The van der Waals surface area contributed by atoms with E-state index in [1.165, 1.54) is 6.92 Å². The minimum Gasteiger partial charge on any atom is -0.480 e. The molecule has 0 saturated heterocycles. The van der Waals surface area contributed by atoms with Crippen LogP contribution in [0.4, 0.5) is 13.2 Å². The number of carboxylic acids is 1. The first-order chi connectivity index (χ1) is 8.79. The third kappa shape index (κ3) is 3.04. The molecule has 19 heavy (non-hydrogen) atoms. The lowest BCUT2D eigenvalue weighted by molar-refractivity contribution is -0.142. The molecule has 0 heterocycles. The molecule has 1 aromatic rings. The largest absolute Gasteiger partial charge is 0.480 e. The molecule has 1 atom stereocenters. The summed E-state index contributed by atoms with van der Waals surface area (Å²) in [5.41, 5.74) is -0.969. The van der Waals surface area contributed by atoms with E-state index < -0.39 is 40.9 Å². The number of benzene rings is 1. The number of rotatable bonds is 4. The number of carboxylic acid groups (broad SMARTS) is 1. The molecule has 1 aromatic carbocycles. The van der Waals surface area contributed by atoms with Crippen molar-refractivity contribution in [3.63, 3.8) is 0 Å². The van der Waals surface area contributed by atoms with E-state index in [0.29, 0.717) is 17.0 Å². The van der Waals surface area contributed by atoms with Crippen LogP contribution in [0.1, 0.15) is 23.7 Å². The second-order valence-corrected chi connectivity index (χ2v) is 3.92. The van der Waals surface area contributed by atoms with Gasteiger partial charge >= 0.3 is 5.97 Å². The van der Waals surface area contributed by atoms with Gasteiger partial charge < -0.3 is 10.0 Å². The number of amides is 1. The lowest BCUT2D eigenvalue weighted by Gasteiger charge is -2.24. The van der Waals surface area contributed by atoms with Gasteiger partial charge in [-0.05, 0) is 6.42 Å². The first kappa shape index (κ1) is 15.0. The summed E-state index contributed by atoms with van der Waals surface area (Å²) in [4.78, 5) is 23.5. The van der Waals surface area contributed by atoms with E-state index in [4.69, 9.17) is 5.11 Å². The Morgan fingerprint density at radius 3 is 2.11 bits per heavy atom. The van der Waals surface area contributed by atoms with Gasteiger partial charge in [-0.1, -0.05) is 6.92 Å². The predicted molar refractivity (Wildman–Crippen MR) is 60.1 cm³/mol. The van der Waals surface area contributed by atoms with Crippen molar-refractivity contribution in [1.82, 2.24) is 4.90 Å². The van der Waals surface area contributed by atoms with Crippen LogP contribution in [0.5, 0.6) is 0 Å².